The fourth-order valence-corrected chi connectivity index (χ4v) is 2.61. The van der Waals surface area contributed by atoms with E-state index in [9.17, 15) is 4.79 Å². The van der Waals surface area contributed by atoms with Gasteiger partial charge in [0.2, 0.25) is 5.91 Å². The first-order valence-electron chi connectivity index (χ1n) is 8.43. The highest BCUT2D eigenvalue weighted by Gasteiger charge is 2.11. The molecule has 1 amide bonds. The number of amides is 1. The van der Waals surface area contributed by atoms with E-state index in [-0.39, 0.29) is 5.91 Å². The fourth-order valence-electron chi connectivity index (χ4n) is 2.41. The summed E-state index contributed by atoms with van der Waals surface area (Å²) in [6.45, 7) is 3.50. The van der Waals surface area contributed by atoms with Crippen LogP contribution in [-0.4, -0.2) is 31.1 Å². The summed E-state index contributed by atoms with van der Waals surface area (Å²) in [6, 6.07) is 15.1. The molecule has 0 spiro atoms. The highest BCUT2D eigenvalue weighted by atomic mass is 35.5. The lowest BCUT2D eigenvalue weighted by atomic mass is 10.2. The molecule has 0 aliphatic heterocycles. The van der Waals surface area contributed by atoms with E-state index in [1.54, 1.807) is 11.9 Å². The van der Waals surface area contributed by atoms with Gasteiger partial charge in [0.25, 0.3) is 0 Å². The molecule has 0 saturated carbocycles. The Hall–Kier alpha value is -2.20. The number of carbonyl (C=O) groups is 1. The third kappa shape index (κ3) is 5.98. The standard InChI is InChI=1S/C20H24ClNO3/c1-3-24-18-11-6-7-12-19(18)25-14-8-13-20(23)22(2)15-16-9-4-5-10-17(16)21/h4-7,9-12H,3,8,13-15H2,1-2H3. The Morgan fingerprint density at radius 3 is 2.36 bits per heavy atom. The van der Waals surface area contributed by atoms with Crippen LogP contribution in [0.1, 0.15) is 25.3 Å². The van der Waals surface area contributed by atoms with Gasteiger partial charge in [-0.3, -0.25) is 4.79 Å². The highest BCUT2D eigenvalue weighted by molar-refractivity contribution is 6.31. The smallest absolute Gasteiger partial charge is 0.222 e. The molecule has 0 atom stereocenters. The van der Waals surface area contributed by atoms with Crippen molar-refractivity contribution in [2.24, 2.45) is 0 Å². The minimum Gasteiger partial charge on any atom is -0.490 e. The van der Waals surface area contributed by atoms with Crippen molar-refractivity contribution in [1.29, 1.82) is 0 Å². The first-order valence-corrected chi connectivity index (χ1v) is 8.81. The predicted molar refractivity (Wildman–Crippen MR) is 100 cm³/mol. The van der Waals surface area contributed by atoms with Crippen LogP contribution in [0.2, 0.25) is 5.02 Å². The number of rotatable bonds is 9. The van der Waals surface area contributed by atoms with Crippen LogP contribution in [0.4, 0.5) is 0 Å². The molecule has 0 aliphatic carbocycles. The zero-order chi connectivity index (χ0) is 18.1. The summed E-state index contributed by atoms with van der Waals surface area (Å²) in [4.78, 5) is 13.9. The van der Waals surface area contributed by atoms with Crippen molar-refractivity contribution in [2.75, 3.05) is 20.3 Å². The third-order valence-corrected chi connectivity index (χ3v) is 4.10. The van der Waals surface area contributed by atoms with Gasteiger partial charge >= 0.3 is 0 Å². The Bertz CT molecular complexity index is 690. The molecule has 2 aromatic carbocycles. The van der Waals surface area contributed by atoms with Crippen LogP contribution in [-0.2, 0) is 11.3 Å². The molecule has 0 N–H and O–H groups in total. The van der Waals surface area contributed by atoms with Gasteiger partial charge in [-0.05, 0) is 37.1 Å². The molecule has 0 fully saturated rings. The molecule has 0 aliphatic rings. The van der Waals surface area contributed by atoms with Crippen LogP contribution in [0.3, 0.4) is 0 Å². The van der Waals surface area contributed by atoms with Crippen LogP contribution >= 0.6 is 11.6 Å². The van der Waals surface area contributed by atoms with E-state index in [1.807, 2.05) is 55.5 Å². The minimum atomic E-state index is 0.0709. The van der Waals surface area contributed by atoms with Crippen molar-refractivity contribution in [3.05, 3.63) is 59.1 Å². The number of ether oxygens (including phenoxy) is 2. The molecule has 0 aromatic heterocycles. The van der Waals surface area contributed by atoms with Crippen LogP contribution < -0.4 is 9.47 Å². The van der Waals surface area contributed by atoms with Gasteiger partial charge in [0.15, 0.2) is 11.5 Å². The van der Waals surface area contributed by atoms with Crippen molar-refractivity contribution < 1.29 is 14.3 Å². The van der Waals surface area contributed by atoms with Crippen LogP contribution in [0.15, 0.2) is 48.5 Å². The second-order valence-corrected chi connectivity index (χ2v) is 6.08. The van der Waals surface area contributed by atoms with Gasteiger partial charge in [0.05, 0.1) is 13.2 Å². The average molecular weight is 362 g/mol. The van der Waals surface area contributed by atoms with Gasteiger partial charge in [-0.25, -0.2) is 0 Å². The maximum Gasteiger partial charge on any atom is 0.222 e. The topological polar surface area (TPSA) is 38.8 Å². The molecule has 5 heteroatoms. The SMILES string of the molecule is CCOc1ccccc1OCCCC(=O)N(C)Cc1ccccc1Cl. The molecule has 4 nitrogen and oxygen atoms in total. The number of halogens is 1. The number of benzene rings is 2. The van der Waals surface area contributed by atoms with E-state index in [0.717, 1.165) is 11.3 Å². The summed E-state index contributed by atoms with van der Waals surface area (Å²) >= 11 is 6.14. The Morgan fingerprint density at radius 2 is 1.68 bits per heavy atom. The molecule has 2 rings (SSSR count). The van der Waals surface area contributed by atoms with Gasteiger partial charge in [0.1, 0.15) is 0 Å². The van der Waals surface area contributed by atoms with Gasteiger partial charge in [-0.15, -0.1) is 0 Å². The predicted octanol–water partition coefficient (Wildman–Crippen LogP) is 4.56. The quantitative estimate of drug-likeness (QED) is 0.615. The molecule has 134 valence electrons. The number of para-hydroxylation sites is 2. The molecular weight excluding hydrogens is 338 g/mol. The van der Waals surface area contributed by atoms with E-state index in [2.05, 4.69) is 0 Å². The Morgan fingerprint density at radius 1 is 1.04 bits per heavy atom. The molecule has 0 bridgehead atoms. The van der Waals surface area contributed by atoms with Gasteiger partial charge < -0.3 is 14.4 Å². The normalized spacial score (nSPS) is 10.4. The maximum absolute atomic E-state index is 12.2. The van der Waals surface area contributed by atoms with Gasteiger partial charge in [-0.1, -0.05) is 41.9 Å². The second kappa shape index (κ2) is 9.94. The van der Waals surface area contributed by atoms with Gasteiger partial charge in [0, 0.05) is 25.0 Å². The first-order chi connectivity index (χ1) is 12.1. The molecule has 0 saturated heterocycles. The van der Waals surface area contributed by atoms with Crippen molar-refractivity contribution in [3.8, 4) is 11.5 Å². The lowest BCUT2D eigenvalue weighted by molar-refractivity contribution is -0.130. The Balaban J connectivity index is 1.76. The summed E-state index contributed by atoms with van der Waals surface area (Å²) in [6.07, 6.45) is 1.07. The lowest BCUT2D eigenvalue weighted by Gasteiger charge is -2.18. The van der Waals surface area contributed by atoms with Crippen molar-refractivity contribution in [2.45, 2.75) is 26.3 Å². The van der Waals surface area contributed by atoms with Crippen molar-refractivity contribution in [3.63, 3.8) is 0 Å². The highest BCUT2D eigenvalue weighted by Crippen LogP contribution is 2.26. The van der Waals surface area contributed by atoms with E-state index < -0.39 is 0 Å². The van der Waals surface area contributed by atoms with Crippen LogP contribution in [0.5, 0.6) is 11.5 Å². The van der Waals surface area contributed by atoms with Crippen LogP contribution in [0.25, 0.3) is 0 Å². The van der Waals surface area contributed by atoms with Gasteiger partial charge in [-0.2, -0.15) is 0 Å². The first kappa shape index (κ1) is 19.1. The van der Waals surface area contributed by atoms with E-state index in [1.165, 1.54) is 0 Å². The monoisotopic (exact) mass is 361 g/mol. The molecule has 25 heavy (non-hydrogen) atoms. The number of hydrogen-bond donors (Lipinski definition) is 0. The zero-order valence-corrected chi connectivity index (χ0v) is 15.5. The van der Waals surface area contributed by atoms with E-state index >= 15 is 0 Å². The zero-order valence-electron chi connectivity index (χ0n) is 14.7. The second-order valence-electron chi connectivity index (χ2n) is 5.67. The molecular formula is C20H24ClNO3. The summed E-state index contributed by atoms with van der Waals surface area (Å²) in [5, 5.41) is 0.679. The summed E-state index contributed by atoms with van der Waals surface area (Å²) < 4.78 is 11.3. The lowest BCUT2D eigenvalue weighted by Crippen LogP contribution is -2.26. The van der Waals surface area contributed by atoms with E-state index in [0.29, 0.717) is 43.4 Å². The Kier molecular flexibility index (Phi) is 7.61. The minimum absolute atomic E-state index is 0.0709. The number of hydrogen-bond acceptors (Lipinski definition) is 3. The third-order valence-electron chi connectivity index (χ3n) is 3.73. The molecule has 2 aromatic rings. The summed E-state index contributed by atoms with van der Waals surface area (Å²) in [5.74, 6) is 1.51. The van der Waals surface area contributed by atoms with Crippen molar-refractivity contribution >= 4 is 17.5 Å². The van der Waals surface area contributed by atoms with E-state index in [4.69, 9.17) is 21.1 Å². The largest absolute Gasteiger partial charge is 0.490 e. The van der Waals surface area contributed by atoms with Crippen molar-refractivity contribution in [1.82, 2.24) is 4.90 Å². The molecule has 0 heterocycles. The summed E-state index contributed by atoms with van der Waals surface area (Å²) in [5.41, 5.74) is 0.946. The number of nitrogens with zero attached hydrogens (tertiary/aromatic N) is 1. The average Bonchev–Trinajstić information content (AvgIpc) is 2.62. The number of carbonyl (C=O) groups excluding carboxylic acids is 1. The van der Waals surface area contributed by atoms with Crippen LogP contribution in [0, 0.1) is 0 Å². The fraction of sp³-hybridized carbons (Fsp3) is 0.350. The Labute approximate surface area is 154 Å². The molecule has 0 unspecified atom stereocenters. The molecule has 0 radical (unpaired) electrons. The summed E-state index contributed by atoms with van der Waals surface area (Å²) in [7, 11) is 1.79. The maximum atomic E-state index is 12.2.